The Morgan fingerprint density at radius 1 is 0.690 bits per heavy atom. The summed E-state index contributed by atoms with van der Waals surface area (Å²) in [5.41, 5.74) is 7.86. The summed E-state index contributed by atoms with van der Waals surface area (Å²) in [6, 6.07) is 16.4. The number of carboxylic acid groups (broad SMARTS) is 1. The van der Waals surface area contributed by atoms with Crippen LogP contribution in [0.4, 0.5) is 0 Å². The second kappa shape index (κ2) is 8.73. The molecule has 1 radical (unpaired) electrons. The van der Waals surface area contributed by atoms with Crippen LogP contribution < -0.4 is 0 Å². The molecule has 3 aromatic rings. The Hall–Kier alpha value is -3.41. The molecule has 0 fully saturated rings. The van der Waals surface area contributed by atoms with Crippen LogP contribution in [0.3, 0.4) is 0 Å². The SMILES string of the molecule is C1=Cc2cc3ccc(cc4nc(cc5ccc(cc1n2)[nH]5)C=C4)[nH]3.CC(=O)O.[Mn]. The van der Waals surface area contributed by atoms with Crippen molar-refractivity contribution in [1.29, 1.82) is 0 Å². The third kappa shape index (κ3) is 5.31. The van der Waals surface area contributed by atoms with E-state index in [2.05, 4.69) is 44.2 Å². The number of hydrogen-bond acceptors (Lipinski definition) is 3. The fourth-order valence-electron chi connectivity index (χ4n) is 2.94. The van der Waals surface area contributed by atoms with E-state index in [9.17, 15) is 0 Å². The summed E-state index contributed by atoms with van der Waals surface area (Å²) >= 11 is 0. The minimum atomic E-state index is -0.833. The summed E-state index contributed by atoms with van der Waals surface area (Å²) in [5, 5.41) is 7.42. The Kier molecular flexibility index (Phi) is 6.12. The number of aromatic amines is 2. The van der Waals surface area contributed by atoms with Crippen molar-refractivity contribution in [2.75, 3.05) is 0 Å². The van der Waals surface area contributed by atoms with Gasteiger partial charge in [-0.3, -0.25) is 4.79 Å². The number of fused-ring (bicyclic) bond motifs is 8. The molecular formula is C22H18MnN4O2. The van der Waals surface area contributed by atoms with Gasteiger partial charge in [-0.25, -0.2) is 9.97 Å². The molecule has 0 spiro atoms. The molecule has 0 saturated heterocycles. The van der Waals surface area contributed by atoms with Gasteiger partial charge in [0.1, 0.15) is 0 Å². The first-order valence-corrected chi connectivity index (χ1v) is 8.77. The zero-order valence-corrected chi connectivity index (χ0v) is 16.7. The molecule has 3 N–H and O–H groups in total. The van der Waals surface area contributed by atoms with Crippen LogP contribution in [0.25, 0.3) is 46.4 Å². The number of rotatable bonds is 0. The maximum atomic E-state index is 9.00. The monoisotopic (exact) mass is 425 g/mol. The molecule has 6 nitrogen and oxygen atoms in total. The predicted octanol–water partition coefficient (Wildman–Crippen LogP) is 4.74. The Morgan fingerprint density at radius 3 is 1.17 bits per heavy atom. The van der Waals surface area contributed by atoms with Crippen molar-refractivity contribution in [3.05, 3.63) is 71.3 Å². The van der Waals surface area contributed by atoms with Crippen molar-refractivity contribution in [3.63, 3.8) is 0 Å². The summed E-state index contributed by atoms with van der Waals surface area (Å²) in [5.74, 6) is -0.833. The van der Waals surface area contributed by atoms with E-state index in [-0.39, 0.29) is 17.1 Å². The summed E-state index contributed by atoms with van der Waals surface area (Å²) in [6.07, 6.45) is 8.09. The van der Waals surface area contributed by atoms with E-state index in [1.54, 1.807) is 0 Å². The smallest absolute Gasteiger partial charge is 0.300 e. The summed E-state index contributed by atoms with van der Waals surface area (Å²) < 4.78 is 0. The van der Waals surface area contributed by atoms with E-state index < -0.39 is 5.97 Å². The van der Waals surface area contributed by atoms with Crippen LogP contribution in [0.1, 0.15) is 29.7 Å². The van der Waals surface area contributed by atoms with E-state index in [4.69, 9.17) is 9.90 Å². The maximum Gasteiger partial charge on any atom is 0.300 e. The first-order chi connectivity index (χ1) is 13.5. The van der Waals surface area contributed by atoms with Crippen LogP contribution >= 0.6 is 0 Å². The van der Waals surface area contributed by atoms with Crippen LogP contribution in [-0.4, -0.2) is 31.0 Å². The molecule has 0 unspecified atom stereocenters. The van der Waals surface area contributed by atoms with Gasteiger partial charge in [0, 0.05) is 46.1 Å². The Morgan fingerprint density at radius 2 is 0.931 bits per heavy atom. The number of aliphatic carboxylic acids is 1. The van der Waals surface area contributed by atoms with Crippen molar-refractivity contribution in [2.24, 2.45) is 0 Å². The molecular weight excluding hydrogens is 407 g/mol. The van der Waals surface area contributed by atoms with E-state index >= 15 is 0 Å². The largest absolute Gasteiger partial charge is 0.481 e. The maximum absolute atomic E-state index is 9.00. The van der Waals surface area contributed by atoms with Gasteiger partial charge in [0.25, 0.3) is 5.97 Å². The van der Waals surface area contributed by atoms with E-state index in [1.165, 1.54) is 0 Å². The van der Waals surface area contributed by atoms with Gasteiger partial charge >= 0.3 is 0 Å². The fourth-order valence-corrected chi connectivity index (χ4v) is 2.94. The zero-order chi connectivity index (χ0) is 19.5. The number of aromatic nitrogens is 4. The van der Waals surface area contributed by atoms with Crippen molar-refractivity contribution < 1.29 is 27.0 Å². The summed E-state index contributed by atoms with van der Waals surface area (Å²) in [4.78, 5) is 25.0. The zero-order valence-electron chi connectivity index (χ0n) is 15.6. The van der Waals surface area contributed by atoms with Gasteiger partial charge in [0.2, 0.25) is 0 Å². The summed E-state index contributed by atoms with van der Waals surface area (Å²) in [6.45, 7) is 1.08. The minimum absolute atomic E-state index is 0. The van der Waals surface area contributed by atoms with E-state index in [1.807, 2.05) is 48.6 Å². The first kappa shape index (κ1) is 20.3. The number of nitrogens with one attached hydrogen (secondary N) is 2. The van der Waals surface area contributed by atoms with Gasteiger partial charge in [-0.15, -0.1) is 0 Å². The van der Waals surface area contributed by atoms with E-state index in [0.717, 1.165) is 51.8 Å². The number of hydrogen-bond donors (Lipinski definition) is 3. The molecule has 29 heavy (non-hydrogen) atoms. The van der Waals surface area contributed by atoms with Crippen LogP contribution in [0.5, 0.6) is 0 Å². The number of H-pyrrole nitrogens is 2. The Balaban J connectivity index is 0.000000443. The van der Waals surface area contributed by atoms with Gasteiger partial charge < -0.3 is 15.1 Å². The molecule has 2 aliphatic heterocycles. The third-order valence-corrected chi connectivity index (χ3v) is 4.04. The molecule has 2 aliphatic rings. The topological polar surface area (TPSA) is 94.7 Å². The molecule has 7 heteroatoms. The molecule has 5 heterocycles. The van der Waals surface area contributed by atoms with Crippen LogP contribution in [0, 0.1) is 0 Å². The van der Waals surface area contributed by atoms with Crippen LogP contribution in [0.2, 0.25) is 0 Å². The first-order valence-electron chi connectivity index (χ1n) is 8.77. The van der Waals surface area contributed by atoms with Crippen LogP contribution in [0.15, 0.2) is 48.5 Å². The molecule has 0 aromatic carbocycles. The van der Waals surface area contributed by atoms with Crippen molar-refractivity contribution in [3.8, 4) is 0 Å². The Labute approximate surface area is 177 Å². The number of carboxylic acids is 1. The molecule has 0 saturated carbocycles. The van der Waals surface area contributed by atoms with Gasteiger partial charge in [-0.05, 0) is 72.8 Å². The number of carbonyl (C=O) groups is 1. The van der Waals surface area contributed by atoms with Gasteiger partial charge in [-0.2, -0.15) is 0 Å². The normalized spacial score (nSPS) is 11.3. The second-order valence-electron chi connectivity index (χ2n) is 6.42. The van der Waals surface area contributed by atoms with Crippen LogP contribution in [-0.2, 0) is 21.9 Å². The predicted molar refractivity (Wildman–Crippen MR) is 112 cm³/mol. The average Bonchev–Trinajstić information content (AvgIpc) is 3.39. The molecule has 0 atom stereocenters. The van der Waals surface area contributed by atoms with E-state index in [0.29, 0.717) is 0 Å². The average molecular weight is 425 g/mol. The summed E-state index contributed by atoms with van der Waals surface area (Å²) in [7, 11) is 0. The van der Waals surface area contributed by atoms with Crippen molar-refractivity contribution in [2.45, 2.75) is 6.92 Å². The second-order valence-corrected chi connectivity index (χ2v) is 6.42. The number of nitrogens with zero attached hydrogens (tertiary/aromatic N) is 2. The van der Waals surface area contributed by atoms with Gasteiger partial charge in [0.05, 0.1) is 22.8 Å². The molecule has 145 valence electrons. The molecule has 5 rings (SSSR count). The fraction of sp³-hybridized carbons (Fsp3) is 0.0455. The molecule has 8 bridgehead atoms. The standard InChI is InChI=1S/C20H14N4.C2H4O2.Mn/c1-2-14-10-16-5-6-18(23-16)12-20-8-7-19(24-20)11-17-4-3-15(22-17)9-13(1)21-14;1-2(3)4;/h1-12,21,24H;1H3,(H,3,4);. The minimum Gasteiger partial charge on any atom is -0.481 e. The quantitative estimate of drug-likeness (QED) is 0.312. The van der Waals surface area contributed by atoms with Crippen molar-refractivity contribution in [1.82, 2.24) is 19.9 Å². The molecule has 0 amide bonds. The van der Waals surface area contributed by atoms with Gasteiger partial charge in [-0.1, -0.05) is 0 Å². The molecule has 0 aliphatic carbocycles. The van der Waals surface area contributed by atoms with Gasteiger partial charge in [0.15, 0.2) is 0 Å². The van der Waals surface area contributed by atoms with Crippen molar-refractivity contribution >= 4 is 52.3 Å². The third-order valence-electron chi connectivity index (χ3n) is 4.04. The Bertz CT molecular complexity index is 1090. The molecule has 3 aromatic heterocycles.